The van der Waals surface area contributed by atoms with Crippen LogP contribution in [-0.2, 0) is 19.1 Å². The molecule has 0 saturated carbocycles. The molecule has 0 aliphatic rings. The van der Waals surface area contributed by atoms with Crippen LogP contribution in [0.15, 0.2) is 29.2 Å². The fourth-order valence-corrected chi connectivity index (χ4v) is 1.88. The molecule has 19 heavy (non-hydrogen) atoms. The molecule has 0 saturated heterocycles. The smallest absolute Gasteiger partial charge is 0.345 e. The van der Waals surface area contributed by atoms with Crippen molar-refractivity contribution in [3.05, 3.63) is 34.0 Å². The zero-order valence-corrected chi connectivity index (χ0v) is 11.5. The summed E-state index contributed by atoms with van der Waals surface area (Å²) in [5.41, 5.74) is -0.387. The summed E-state index contributed by atoms with van der Waals surface area (Å²) in [4.78, 5) is 35.5. The lowest BCUT2D eigenvalue weighted by Crippen LogP contribution is -2.19. The molecule has 0 amide bonds. The van der Waals surface area contributed by atoms with Crippen LogP contribution in [0.4, 0.5) is 0 Å². The monoisotopic (exact) mass is 282 g/mol. The van der Waals surface area contributed by atoms with Crippen molar-refractivity contribution in [3.8, 4) is 0 Å². The van der Waals surface area contributed by atoms with Crippen LogP contribution in [0.5, 0.6) is 0 Å². The molecule has 0 aromatic carbocycles. The minimum absolute atomic E-state index is 0.114. The van der Waals surface area contributed by atoms with Gasteiger partial charge in [-0.15, -0.1) is 11.3 Å². The van der Waals surface area contributed by atoms with E-state index in [1.54, 1.807) is 31.4 Å². The summed E-state index contributed by atoms with van der Waals surface area (Å²) in [6, 6.07) is 3.32. The average Bonchev–Trinajstić information content (AvgIpc) is 2.90. The number of carbonyl (C=O) groups is 3. The molecular formula is C13H14O5S. The Kier molecular flexibility index (Phi) is 5.95. The molecule has 0 spiro atoms. The Bertz CT molecular complexity index is 467. The van der Waals surface area contributed by atoms with Crippen molar-refractivity contribution in [2.75, 3.05) is 13.2 Å². The summed E-state index contributed by atoms with van der Waals surface area (Å²) in [6.45, 7) is 3.45. The van der Waals surface area contributed by atoms with Gasteiger partial charge in [0.25, 0.3) is 0 Å². The van der Waals surface area contributed by atoms with Crippen molar-refractivity contribution in [2.45, 2.75) is 13.8 Å². The SMILES string of the molecule is CCOC(=O)C(=CC(=O)c1cccs1)C(=O)OCC. The normalized spacial score (nSPS) is 9.58. The minimum atomic E-state index is -0.856. The third kappa shape index (κ3) is 4.33. The number of hydrogen-bond acceptors (Lipinski definition) is 6. The molecule has 0 aliphatic carbocycles. The number of hydrogen-bond donors (Lipinski definition) is 0. The van der Waals surface area contributed by atoms with Crippen LogP contribution in [0.1, 0.15) is 23.5 Å². The molecule has 1 aromatic rings. The maximum Gasteiger partial charge on any atom is 0.345 e. The quantitative estimate of drug-likeness (QED) is 0.262. The second-order valence-electron chi connectivity index (χ2n) is 3.34. The number of thiophene rings is 1. The molecule has 6 heteroatoms. The van der Waals surface area contributed by atoms with E-state index in [2.05, 4.69) is 0 Å². The molecular weight excluding hydrogens is 268 g/mol. The Morgan fingerprint density at radius 3 is 2.16 bits per heavy atom. The summed E-state index contributed by atoms with van der Waals surface area (Å²) in [5.74, 6) is -2.14. The lowest BCUT2D eigenvalue weighted by molar-refractivity contribution is -0.146. The maximum absolute atomic E-state index is 11.9. The predicted molar refractivity (Wildman–Crippen MR) is 70.0 cm³/mol. The van der Waals surface area contributed by atoms with E-state index in [0.29, 0.717) is 4.88 Å². The van der Waals surface area contributed by atoms with Gasteiger partial charge in [-0.05, 0) is 25.3 Å². The maximum atomic E-state index is 11.9. The second-order valence-corrected chi connectivity index (χ2v) is 4.29. The molecule has 0 fully saturated rings. The first-order chi connectivity index (χ1) is 9.10. The van der Waals surface area contributed by atoms with Gasteiger partial charge in [-0.1, -0.05) is 6.07 Å². The molecule has 1 heterocycles. The molecule has 5 nitrogen and oxygen atoms in total. The first-order valence-electron chi connectivity index (χ1n) is 5.73. The standard InChI is InChI=1S/C13H14O5S/c1-3-17-12(15)9(13(16)18-4-2)8-10(14)11-6-5-7-19-11/h5-8H,3-4H2,1-2H3. The Morgan fingerprint density at radius 1 is 1.16 bits per heavy atom. The highest BCUT2D eigenvalue weighted by atomic mass is 32.1. The van der Waals surface area contributed by atoms with Crippen LogP contribution < -0.4 is 0 Å². The fraction of sp³-hybridized carbons (Fsp3) is 0.308. The third-order valence-electron chi connectivity index (χ3n) is 2.03. The second kappa shape index (κ2) is 7.48. The van der Waals surface area contributed by atoms with Gasteiger partial charge in [0.05, 0.1) is 18.1 Å². The van der Waals surface area contributed by atoms with Crippen molar-refractivity contribution in [3.63, 3.8) is 0 Å². The molecule has 0 unspecified atom stereocenters. The van der Waals surface area contributed by atoms with Gasteiger partial charge >= 0.3 is 11.9 Å². The zero-order valence-electron chi connectivity index (χ0n) is 10.7. The lowest BCUT2D eigenvalue weighted by Gasteiger charge is -2.05. The number of rotatable bonds is 6. The van der Waals surface area contributed by atoms with Crippen LogP contribution in [-0.4, -0.2) is 30.9 Å². The van der Waals surface area contributed by atoms with Crippen molar-refractivity contribution in [2.24, 2.45) is 0 Å². The Hall–Kier alpha value is -1.95. The lowest BCUT2D eigenvalue weighted by atomic mass is 10.2. The number of ether oxygens (including phenoxy) is 2. The summed E-state index contributed by atoms with van der Waals surface area (Å²) in [5, 5.41) is 1.73. The highest BCUT2D eigenvalue weighted by molar-refractivity contribution is 7.12. The van der Waals surface area contributed by atoms with Crippen LogP contribution in [0.2, 0.25) is 0 Å². The van der Waals surface area contributed by atoms with Crippen molar-refractivity contribution in [1.29, 1.82) is 0 Å². The Labute approximate surface area is 114 Å². The van der Waals surface area contributed by atoms with Crippen molar-refractivity contribution in [1.82, 2.24) is 0 Å². The van der Waals surface area contributed by atoms with E-state index < -0.39 is 17.7 Å². The highest BCUT2D eigenvalue weighted by Gasteiger charge is 2.22. The molecule has 0 atom stereocenters. The van der Waals surface area contributed by atoms with E-state index in [1.807, 2.05) is 0 Å². The Balaban J connectivity index is 2.98. The topological polar surface area (TPSA) is 69.7 Å². The number of carbonyl (C=O) groups excluding carboxylic acids is 3. The third-order valence-corrected chi connectivity index (χ3v) is 2.91. The van der Waals surface area contributed by atoms with Crippen LogP contribution in [0, 0.1) is 0 Å². The summed E-state index contributed by atoms with van der Waals surface area (Å²) in [6.07, 6.45) is 0.960. The van der Waals surface area contributed by atoms with E-state index in [9.17, 15) is 14.4 Å². The van der Waals surface area contributed by atoms with E-state index in [0.717, 1.165) is 6.08 Å². The van der Waals surface area contributed by atoms with Crippen molar-refractivity contribution >= 4 is 29.1 Å². The summed E-state index contributed by atoms with van der Waals surface area (Å²) >= 11 is 1.22. The molecule has 102 valence electrons. The van der Waals surface area contributed by atoms with Gasteiger partial charge in [0, 0.05) is 6.08 Å². The van der Waals surface area contributed by atoms with Gasteiger partial charge < -0.3 is 9.47 Å². The zero-order chi connectivity index (χ0) is 14.3. The number of allylic oxidation sites excluding steroid dienone is 1. The highest BCUT2D eigenvalue weighted by Crippen LogP contribution is 2.12. The Morgan fingerprint density at radius 2 is 1.74 bits per heavy atom. The first kappa shape index (κ1) is 15.1. The predicted octanol–water partition coefficient (Wildman–Crippen LogP) is 1.98. The van der Waals surface area contributed by atoms with Gasteiger partial charge in [0.1, 0.15) is 5.57 Å². The van der Waals surface area contributed by atoms with E-state index in [4.69, 9.17) is 9.47 Å². The molecule has 0 radical (unpaired) electrons. The number of ketones is 1. The van der Waals surface area contributed by atoms with Gasteiger partial charge in [-0.2, -0.15) is 0 Å². The molecule has 0 bridgehead atoms. The molecule has 1 aromatic heterocycles. The van der Waals surface area contributed by atoms with Crippen molar-refractivity contribution < 1.29 is 23.9 Å². The molecule has 1 rings (SSSR count). The van der Waals surface area contributed by atoms with Crippen LogP contribution >= 0.6 is 11.3 Å². The van der Waals surface area contributed by atoms with Gasteiger partial charge in [0.2, 0.25) is 0 Å². The minimum Gasteiger partial charge on any atom is -0.462 e. The first-order valence-corrected chi connectivity index (χ1v) is 6.61. The van der Waals surface area contributed by atoms with Gasteiger partial charge in [0.15, 0.2) is 5.78 Å². The van der Waals surface area contributed by atoms with Crippen LogP contribution in [0.25, 0.3) is 0 Å². The van der Waals surface area contributed by atoms with Gasteiger partial charge in [-0.3, -0.25) is 4.79 Å². The number of esters is 2. The van der Waals surface area contributed by atoms with E-state index >= 15 is 0 Å². The fourth-order valence-electron chi connectivity index (χ4n) is 1.24. The summed E-state index contributed by atoms with van der Waals surface area (Å²) in [7, 11) is 0. The largest absolute Gasteiger partial charge is 0.462 e. The van der Waals surface area contributed by atoms with E-state index in [1.165, 1.54) is 11.3 Å². The van der Waals surface area contributed by atoms with E-state index in [-0.39, 0.29) is 18.8 Å². The van der Waals surface area contributed by atoms with Gasteiger partial charge in [-0.25, -0.2) is 9.59 Å². The van der Waals surface area contributed by atoms with Crippen LogP contribution in [0.3, 0.4) is 0 Å². The molecule has 0 aliphatic heterocycles. The molecule has 0 N–H and O–H groups in total. The summed E-state index contributed by atoms with van der Waals surface area (Å²) < 4.78 is 9.47. The average molecular weight is 282 g/mol.